The van der Waals surface area contributed by atoms with Gasteiger partial charge in [-0.25, -0.2) is 0 Å². The van der Waals surface area contributed by atoms with Gasteiger partial charge < -0.3 is 24.2 Å². The number of ether oxygens (including phenoxy) is 2. The molecule has 0 spiro atoms. The lowest BCUT2D eigenvalue weighted by Crippen LogP contribution is -2.55. The first-order valence-corrected chi connectivity index (χ1v) is 19.8. The summed E-state index contributed by atoms with van der Waals surface area (Å²) < 4.78 is 12.5. The molecular weight excluding hydrogens is 688 g/mol. The van der Waals surface area contributed by atoms with Crippen molar-refractivity contribution in [1.29, 1.82) is 5.26 Å². The maximum Gasteiger partial charge on any atom is 0.318 e. The topological polar surface area (TPSA) is 101 Å². The zero-order chi connectivity index (χ0) is 36.5. The summed E-state index contributed by atoms with van der Waals surface area (Å²) in [6, 6.07) is 14.9. The van der Waals surface area contributed by atoms with Crippen LogP contribution in [0.4, 0.5) is 11.5 Å². The Morgan fingerprint density at radius 3 is 2.57 bits per heavy atom. The van der Waals surface area contributed by atoms with Crippen LogP contribution in [-0.4, -0.2) is 120 Å². The highest BCUT2D eigenvalue weighted by Gasteiger charge is 2.45. The highest BCUT2D eigenvalue weighted by atomic mass is 35.5. The Kier molecular flexibility index (Phi) is 10.5. The molecule has 12 heteroatoms. The molecule has 1 aromatic heterocycles. The van der Waals surface area contributed by atoms with Crippen LogP contribution < -0.4 is 14.5 Å². The number of nitriles is 1. The molecule has 0 bridgehead atoms. The highest BCUT2D eigenvalue weighted by Crippen LogP contribution is 2.40. The van der Waals surface area contributed by atoms with E-state index in [0.29, 0.717) is 45.3 Å². The molecule has 0 unspecified atom stereocenters. The predicted molar refractivity (Wildman–Crippen MR) is 208 cm³/mol. The van der Waals surface area contributed by atoms with E-state index in [0.717, 1.165) is 90.5 Å². The van der Waals surface area contributed by atoms with E-state index in [-0.39, 0.29) is 36.1 Å². The maximum absolute atomic E-state index is 13.6. The first-order valence-electron chi connectivity index (χ1n) is 19.5. The maximum atomic E-state index is 13.6. The Bertz CT molecular complexity index is 1870. The highest BCUT2D eigenvalue weighted by molar-refractivity contribution is 6.36. The second kappa shape index (κ2) is 15.4. The van der Waals surface area contributed by atoms with Crippen molar-refractivity contribution in [2.24, 2.45) is 0 Å². The van der Waals surface area contributed by atoms with Crippen LogP contribution in [0.5, 0.6) is 6.01 Å². The van der Waals surface area contributed by atoms with Gasteiger partial charge in [0, 0.05) is 68.5 Å². The number of aromatic nitrogens is 2. The fraction of sp³-hybridized carbons (Fsp3) is 0.561. The van der Waals surface area contributed by atoms with E-state index in [2.05, 4.69) is 63.8 Å². The SMILES string of the molecule is C[C@@H]1CN(C/C=C/C(=O)N2CCN(c3nc(OCC45CCCN4CCC5)nc4c3CCN(c3cccc5cccc(Cl)c35)C4)C[C@@H]2CC#N)C[C@H](C)O1. The molecular formula is C41H51ClN8O3. The summed E-state index contributed by atoms with van der Waals surface area (Å²) in [6.45, 7) is 12.5. The van der Waals surface area contributed by atoms with Crippen molar-refractivity contribution in [2.45, 2.75) is 82.7 Å². The normalized spacial score (nSPS) is 24.8. The van der Waals surface area contributed by atoms with Gasteiger partial charge in [-0.1, -0.05) is 41.9 Å². The van der Waals surface area contributed by atoms with Crippen LogP contribution >= 0.6 is 11.6 Å². The number of halogens is 1. The molecule has 8 rings (SSSR count). The molecule has 4 saturated heterocycles. The second-order valence-electron chi connectivity index (χ2n) is 15.6. The van der Waals surface area contributed by atoms with Crippen molar-refractivity contribution in [3.8, 4) is 12.1 Å². The monoisotopic (exact) mass is 738 g/mol. The molecule has 53 heavy (non-hydrogen) atoms. The van der Waals surface area contributed by atoms with E-state index in [1.165, 1.54) is 12.8 Å². The van der Waals surface area contributed by atoms with E-state index >= 15 is 0 Å². The van der Waals surface area contributed by atoms with Crippen LogP contribution in [0.3, 0.4) is 0 Å². The summed E-state index contributed by atoms with van der Waals surface area (Å²) in [5.41, 5.74) is 3.24. The molecule has 2 aromatic carbocycles. The number of nitrogens with zero attached hydrogens (tertiary/aromatic N) is 8. The zero-order valence-corrected chi connectivity index (χ0v) is 31.8. The van der Waals surface area contributed by atoms with Gasteiger partial charge in [0.25, 0.3) is 0 Å². The first-order chi connectivity index (χ1) is 25.8. The van der Waals surface area contributed by atoms with E-state index in [1.807, 2.05) is 23.1 Å². The average molecular weight is 739 g/mol. The smallest absolute Gasteiger partial charge is 0.318 e. The molecule has 5 aliphatic heterocycles. The molecule has 3 aromatic rings. The van der Waals surface area contributed by atoms with E-state index < -0.39 is 0 Å². The third-order valence-electron chi connectivity index (χ3n) is 12.0. The van der Waals surface area contributed by atoms with Crippen molar-refractivity contribution < 1.29 is 14.3 Å². The third kappa shape index (κ3) is 7.44. The quantitative estimate of drug-likeness (QED) is 0.264. The molecule has 5 aliphatic rings. The lowest BCUT2D eigenvalue weighted by Gasteiger charge is -2.42. The number of carbonyl (C=O) groups excluding carboxylic acids is 1. The van der Waals surface area contributed by atoms with Crippen LogP contribution in [0.2, 0.25) is 5.02 Å². The molecule has 0 aliphatic carbocycles. The number of rotatable bonds is 9. The number of benzene rings is 2. The lowest BCUT2D eigenvalue weighted by molar-refractivity contribution is -0.128. The average Bonchev–Trinajstić information content (AvgIpc) is 3.74. The molecule has 3 atom stereocenters. The summed E-state index contributed by atoms with van der Waals surface area (Å²) >= 11 is 6.78. The Hall–Kier alpha value is -3.95. The van der Waals surface area contributed by atoms with E-state index in [9.17, 15) is 10.1 Å². The largest absolute Gasteiger partial charge is 0.461 e. The summed E-state index contributed by atoms with van der Waals surface area (Å²) in [7, 11) is 0. The number of amides is 1. The molecule has 0 radical (unpaired) electrons. The van der Waals surface area contributed by atoms with Crippen molar-refractivity contribution in [3.63, 3.8) is 0 Å². The van der Waals surface area contributed by atoms with Gasteiger partial charge in [0.1, 0.15) is 12.4 Å². The van der Waals surface area contributed by atoms with Crippen LogP contribution in [0.1, 0.15) is 57.2 Å². The summed E-state index contributed by atoms with van der Waals surface area (Å²) in [5.74, 6) is 0.822. The number of hydrogen-bond acceptors (Lipinski definition) is 10. The standard InChI is InChI=1S/C41H51ClN8O3/c1-29-24-46(25-30(2)53-29)18-5-12-37(51)50-23-22-48(26-32(50)13-17-43)39-33-14-21-47(36-11-4-9-31-8-3-10-34(42)38(31)36)27-35(33)44-40(45-39)52-28-41-15-6-19-49(41)20-7-16-41/h3-5,8-12,29-30,32H,6-7,13-16,18-28H2,1-2H3/b12-5+/t29-,30+,32-/m0/s1. The van der Waals surface area contributed by atoms with E-state index in [1.54, 1.807) is 6.08 Å². The zero-order valence-electron chi connectivity index (χ0n) is 31.1. The number of piperazine rings is 1. The minimum absolute atomic E-state index is 0.0469. The first kappa shape index (κ1) is 36.0. The van der Waals surface area contributed by atoms with Crippen LogP contribution in [0.25, 0.3) is 10.8 Å². The molecule has 6 heterocycles. The van der Waals surface area contributed by atoms with Crippen molar-refractivity contribution >= 4 is 39.8 Å². The molecule has 0 N–H and O–H groups in total. The predicted octanol–water partition coefficient (Wildman–Crippen LogP) is 5.45. The number of morpholine rings is 1. The van der Waals surface area contributed by atoms with Gasteiger partial charge in [-0.2, -0.15) is 15.2 Å². The lowest BCUT2D eigenvalue weighted by atomic mass is 9.95. The van der Waals surface area contributed by atoms with Gasteiger partial charge in [-0.15, -0.1) is 0 Å². The van der Waals surface area contributed by atoms with Crippen LogP contribution in [-0.2, 0) is 22.5 Å². The van der Waals surface area contributed by atoms with Gasteiger partial charge in [-0.3, -0.25) is 14.6 Å². The van der Waals surface area contributed by atoms with Crippen molar-refractivity contribution in [2.75, 3.05) is 75.3 Å². The van der Waals surface area contributed by atoms with Gasteiger partial charge in [0.05, 0.1) is 53.5 Å². The fourth-order valence-electron chi connectivity index (χ4n) is 9.57. The minimum atomic E-state index is -0.258. The third-order valence-corrected chi connectivity index (χ3v) is 12.3. The Morgan fingerprint density at radius 1 is 1.02 bits per heavy atom. The van der Waals surface area contributed by atoms with Gasteiger partial charge >= 0.3 is 6.01 Å². The van der Waals surface area contributed by atoms with Gasteiger partial charge in [-0.05, 0) is 76.6 Å². The van der Waals surface area contributed by atoms with Crippen LogP contribution in [0.15, 0.2) is 48.6 Å². The second-order valence-corrected chi connectivity index (χ2v) is 16.0. The number of fused-ring (bicyclic) bond motifs is 3. The molecule has 0 saturated carbocycles. The fourth-order valence-corrected chi connectivity index (χ4v) is 9.85. The molecule has 4 fully saturated rings. The van der Waals surface area contributed by atoms with Gasteiger partial charge in [0.15, 0.2) is 0 Å². The molecule has 11 nitrogen and oxygen atoms in total. The van der Waals surface area contributed by atoms with Crippen LogP contribution in [0, 0.1) is 11.3 Å². The number of hydrogen-bond donors (Lipinski definition) is 0. The van der Waals surface area contributed by atoms with E-state index in [4.69, 9.17) is 31.0 Å². The Balaban J connectivity index is 1.05. The van der Waals surface area contributed by atoms with Gasteiger partial charge in [0.2, 0.25) is 5.91 Å². The Labute approximate surface area is 318 Å². The van der Waals surface area contributed by atoms with Crippen molar-refractivity contribution in [3.05, 3.63) is 64.8 Å². The number of carbonyl (C=O) groups is 1. The minimum Gasteiger partial charge on any atom is -0.461 e. The molecule has 1 amide bonds. The summed E-state index contributed by atoms with van der Waals surface area (Å²) in [5, 5.41) is 12.8. The molecule has 280 valence electrons. The number of anilines is 2. The Morgan fingerprint density at radius 2 is 1.79 bits per heavy atom. The summed E-state index contributed by atoms with van der Waals surface area (Å²) in [6.07, 6.45) is 9.69. The summed E-state index contributed by atoms with van der Waals surface area (Å²) in [4.78, 5) is 35.2. The van der Waals surface area contributed by atoms with Crippen molar-refractivity contribution in [1.82, 2.24) is 24.7 Å².